The zero-order valence-corrected chi connectivity index (χ0v) is 21.4. The number of benzene rings is 2. The largest absolute Gasteiger partial charge is 0.497 e. The van der Waals surface area contributed by atoms with Gasteiger partial charge in [0.25, 0.3) is 5.91 Å². The van der Waals surface area contributed by atoms with Crippen molar-refractivity contribution in [1.82, 2.24) is 19.4 Å². The van der Waals surface area contributed by atoms with Crippen LogP contribution in [0.5, 0.6) is 5.75 Å². The quantitative estimate of drug-likeness (QED) is 0.484. The van der Waals surface area contributed by atoms with Crippen molar-refractivity contribution in [2.75, 3.05) is 64.5 Å². The highest BCUT2D eigenvalue weighted by Gasteiger charge is 2.27. The van der Waals surface area contributed by atoms with Crippen LogP contribution in [0.2, 0.25) is 0 Å². The number of aromatic nitrogens is 2. The number of sulfonamides is 1. The van der Waals surface area contributed by atoms with E-state index < -0.39 is 10.0 Å². The number of nitrogens with zero attached hydrogens (tertiary/aromatic N) is 5. The van der Waals surface area contributed by atoms with Crippen LogP contribution in [0.4, 0.5) is 5.82 Å². The maximum Gasteiger partial charge on any atom is 0.253 e. The van der Waals surface area contributed by atoms with Crippen LogP contribution in [0.15, 0.2) is 65.6 Å². The van der Waals surface area contributed by atoms with E-state index in [1.807, 2.05) is 36.4 Å². The second-order valence-electron chi connectivity index (χ2n) is 8.83. The maximum atomic E-state index is 13.1. The fraction of sp³-hybridized carbons (Fsp3) is 0.346. The predicted molar refractivity (Wildman–Crippen MR) is 138 cm³/mol. The van der Waals surface area contributed by atoms with Crippen LogP contribution in [0.1, 0.15) is 10.4 Å². The van der Waals surface area contributed by atoms with Crippen LogP contribution >= 0.6 is 0 Å². The molecule has 194 valence electrons. The van der Waals surface area contributed by atoms with Crippen molar-refractivity contribution in [3.63, 3.8) is 0 Å². The Morgan fingerprint density at radius 1 is 0.892 bits per heavy atom. The van der Waals surface area contributed by atoms with Crippen LogP contribution in [0.25, 0.3) is 11.3 Å². The topological polar surface area (TPSA) is 105 Å². The summed E-state index contributed by atoms with van der Waals surface area (Å²) in [5.41, 5.74) is 2.16. The highest BCUT2D eigenvalue weighted by Crippen LogP contribution is 2.24. The number of ether oxygens (including phenoxy) is 2. The van der Waals surface area contributed by atoms with Crippen molar-refractivity contribution < 1.29 is 22.7 Å². The van der Waals surface area contributed by atoms with Gasteiger partial charge in [-0.2, -0.15) is 4.31 Å². The molecule has 0 radical (unpaired) electrons. The Hall–Kier alpha value is -3.54. The van der Waals surface area contributed by atoms with E-state index in [0.717, 1.165) is 22.8 Å². The Kier molecular flexibility index (Phi) is 7.36. The Labute approximate surface area is 216 Å². The van der Waals surface area contributed by atoms with Gasteiger partial charge in [-0.3, -0.25) is 4.79 Å². The maximum absolute atomic E-state index is 13.1. The summed E-state index contributed by atoms with van der Waals surface area (Å²) in [6.07, 6.45) is 0. The van der Waals surface area contributed by atoms with E-state index >= 15 is 0 Å². The summed E-state index contributed by atoms with van der Waals surface area (Å²) in [6.45, 7) is 3.77. The lowest BCUT2D eigenvalue weighted by Gasteiger charge is -2.35. The molecule has 0 unspecified atom stereocenters. The van der Waals surface area contributed by atoms with Crippen molar-refractivity contribution >= 4 is 21.7 Å². The molecule has 2 aromatic carbocycles. The van der Waals surface area contributed by atoms with Gasteiger partial charge in [0.05, 0.1) is 30.9 Å². The smallest absolute Gasteiger partial charge is 0.253 e. The van der Waals surface area contributed by atoms with Crippen molar-refractivity contribution in [3.05, 3.63) is 66.2 Å². The van der Waals surface area contributed by atoms with E-state index in [2.05, 4.69) is 15.1 Å². The molecule has 0 aliphatic carbocycles. The molecular weight excluding hydrogens is 494 g/mol. The lowest BCUT2D eigenvalue weighted by molar-refractivity contribution is 0.0730. The molecule has 2 aliphatic heterocycles. The molecule has 2 fully saturated rings. The fourth-order valence-corrected chi connectivity index (χ4v) is 5.86. The van der Waals surface area contributed by atoms with Crippen LogP contribution in [0, 0.1) is 0 Å². The molecule has 2 saturated heterocycles. The first-order valence-corrected chi connectivity index (χ1v) is 13.6. The summed E-state index contributed by atoms with van der Waals surface area (Å²) >= 11 is 0. The van der Waals surface area contributed by atoms with Gasteiger partial charge >= 0.3 is 0 Å². The molecule has 0 bridgehead atoms. The summed E-state index contributed by atoms with van der Waals surface area (Å²) in [5, 5.41) is 8.77. The van der Waals surface area contributed by atoms with Gasteiger partial charge in [-0.25, -0.2) is 8.42 Å². The summed E-state index contributed by atoms with van der Waals surface area (Å²) in [5.74, 6) is 1.41. The van der Waals surface area contributed by atoms with E-state index in [-0.39, 0.29) is 10.8 Å². The lowest BCUT2D eigenvalue weighted by atomic mass is 10.1. The van der Waals surface area contributed by atoms with Crippen LogP contribution in [0.3, 0.4) is 0 Å². The van der Waals surface area contributed by atoms with Gasteiger partial charge in [0.15, 0.2) is 5.82 Å². The first-order chi connectivity index (χ1) is 18.0. The molecule has 0 spiro atoms. The minimum Gasteiger partial charge on any atom is -0.497 e. The molecular formula is C26H29N5O5S. The highest BCUT2D eigenvalue weighted by molar-refractivity contribution is 7.89. The second-order valence-corrected chi connectivity index (χ2v) is 10.8. The number of carbonyl (C=O) groups excluding carboxylic acids is 1. The molecule has 37 heavy (non-hydrogen) atoms. The normalized spacial score (nSPS) is 17.0. The van der Waals surface area contributed by atoms with E-state index in [0.29, 0.717) is 58.0 Å². The van der Waals surface area contributed by atoms with Crippen molar-refractivity contribution in [1.29, 1.82) is 0 Å². The number of piperazine rings is 1. The van der Waals surface area contributed by atoms with Gasteiger partial charge in [-0.05, 0) is 48.5 Å². The minimum atomic E-state index is -3.59. The number of methoxy groups -OCH3 is 1. The van der Waals surface area contributed by atoms with Crippen molar-refractivity contribution in [2.24, 2.45) is 0 Å². The standard InChI is InChI=1S/C26H29N5O5S/c1-35-22-4-2-3-21(19-22)24-9-10-25(28-27-24)29-11-13-30(14-12-29)26(32)20-5-7-23(8-6-20)37(33,34)31-15-17-36-18-16-31/h2-10,19H,11-18H2,1H3. The molecule has 10 nitrogen and oxygen atoms in total. The minimum absolute atomic E-state index is 0.116. The van der Waals surface area contributed by atoms with Crippen molar-refractivity contribution in [2.45, 2.75) is 4.90 Å². The molecule has 5 rings (SSSR count). The van der Waals surface area contributed by atoms with E-state index in [1.54, 1.807) is 24.1 Å². The van der Waals surface area contributed by atoms with Crippen LogP contribution < -0.4 is 9.64 Å². The summed E-state index contributed by atoms with van der Waals surface area (Å²) in [7, 11) is -1.96. The monoisotopic (exact) mass is 523 g/mol. The van der Waals surface area contributed by atoms with Gasteiger partial charge in [-0.15, -0.1) is 10.2 Å². The Bertz CT molecular complexity index is 1330. The fourth-order valence-electron chi connectivity index (χ4n) is 4.46. The third kappa shape index (κ3) is 5.43. The third-order valence-corrected chi connectivity index (χ3v) is 8.53. The number of carbonyl (C=O) groups is 1. The second kappa shape index (κ2) is 10.8. The van der Waals surface area contributed by atoms with Gasteiger partial charge in [0.1, 0.15) is 5.75 Å². The third-order valence-electron chi connectivity index (χ3n) is 6.62. The van der Waals surface area contributed by atoms with Crippen molar-refractivity contribution in [3.8, 4) is 17.0 Å². The zero-order valence-electron chi connectivity index (χ0n) is 20.6. The lowest BCUT2D eigenvalue weighted by Crippen LogP contribution is -2.49. The van der Waals surface area contributed by atoms with Gasteiger partial charge in [0, 0.05) is 50.4 Å². The Morgan fingerprint density at radius 2 is 1.62 bits per heavy atom. The Morgan fingerprint density at radius 3 is 2.27 bits per heavy atom. The number of morpholine rings is 1. The number of amides is 1. The summed E-state index contributed by atoms with van der Waals surface area (Å²) < 4.78 is 37.6. The molecule has 3 aromatic rings. The van der Waals surface area contributed by atoms with Gasteiger partial charge in [0.2, 0.25) is 10.0 Å². The van der Waals surface area contributed by atoms with E-state index in [4.69, 9.17) is 9.47 Å². The van der Waals surface area contributed by atoms with Gasteiger partial charge in [-0.1, -0.05) is 12.1 Å². The number of hydrogen-bond donors (Lipinski definition) is 0. The van der Waals surface area contributed by atoms with Gasteiger partial charge < -0.3 is 19.3 Å². The molecule has 3 heterocycles. The molecule has 1 aromatic heterocycles. The number of anilines is 1. The summed E-state index contributed by atoms with van der Waals surface area (Å²) in [6, 6.07) is 17.7. The van der Waals surface area contributed by atoms with E-state index in [1.165, 1.54) is 16.4 Å². The molecule has 0 atom stereocenters. The average molecular weight is 524 g/mol. The first-order valence-electron chi connectivity index (χ1n) is 12.2. The molecule has 0 saturated carbocycles. The molecule has 2 aliphatic rings. The van der Waals surface area contributed by atoms with E-state index in [9.17, 15) is 13.2 Å². The van der Waals surface area contributed by atoms with Crippen LogP contribution in [-0.2, 0) is 14.8 Å². The molecule has 11 heteroatoms. The highest BCUT2D eigenvalue weighted by atomic mass is 32.2. The molecule has 1 amide bonds. The number of hydrogen-bond acceptors (Lipinski definition) is 8. The van der Waals surface area contributed by atoms with Crippen LogP contribution in [-0.4, -0.2) is 93.3 Å². The SMILES string of the molecule is COc1cccc(-c2ccc(N3CCN(C(=O)c4ccc(S(=O)(=O)N5CCOCC5)cc4)CC3)nn2)c1. The Balaban J connectivity index is 1.19. The molecule has 0 N–H and O–H groups in total. The predicted octanol–water partition coefficient (Wildman–Crippen LogP) is 2.14. The zero-order chi connectivity index (χ0) is 25.8. The number of rotatable bonds is 6. The summed E-state index contributed by atoms with van der Waals surface area (Å²) in [4.78, 5) is 17.1. The first kappa shape index (κ1) is 25.1. The average Bonchev–Trinajstić information content (AvgIpc) is 2.97.